The molecule has 2 rings (SSSR count). The molecular weight excluding hydrogens is 377 g/mol. The smallest absolute Gasteiger partial charge is 0.191 e. The van der Waals surface area contributed by atoms with Crippen molar-refractivity contribution in [1.82, 2.24) is 10.6 Å². The summed E-state index contributed by atoms with van der Waals surface area (Å²) < 4.78 is 5.56. The van der Waals surface area contributed by atoms with Gasteiger partial charge in [0, 0.05) is 26.7 Å². The molecule has 1 aromatic rings. The molecule has 1 aliphatic carbocycles. The van der Waals surface area contributed by atoms with Gasteiger partial charge in [-0.1, -0.05) is 43.2 Å². The van der Waals surface area contributed by atoms with Crippen LogP contribution in [0.1, 0.15) is 37.4 Å². The molecule has 0 amide bonds. The summed E-state index contributed by atoms with van der Waals surface area (Å²) in [6, 6.07) is 10.8. The third-order valence-electron chi connectivity index (χ3n) is 3.83. The van der Waals surface area contributed by atoms with Gasteiger partial charge in [0.1, 0.15) is 0 Å². The zero-order valence-corrected chi connectivity index (χ0v) is 15.2. The molecule has 2 N–H and O–H groups in total. The second-order valence-corrected chi connectivity index (χ2v) is 5.21. The Morgan fingerprint density at radius 3 is 2.52 bits per heavy atom. The minimum atomic E-state index is 0. The van der Waals surface area contributed by atoms with Gasteiger partial charge in [-0.25, -0.2) is 0 Å². The van der Waals surface area contributed by atoms with Crippen LogP contribution in [0, 0.1) is 0 Å². The number of benzene rings is 1. The summed E-state index contributed by atoms with van der Waals surface area (Å²) in [6.45, 7) is 0.715. The highest BCUT2D eigenvalue weighted by Gasteiger charge is 2.17. The standard InChI is InChI=1S/C16H25N3O.HI/c1-17-16(19-14-10-6-7-11-14)18-12-15(20-2)13-8-4-3-5-9-13;/h3-5,8-9,14-15H,6-7,10-12H2,1-2H3,(H2,17,18,19);1H. The van der Waals surface area contributed by atoms with Crippen molar-refractivity contribution in [3.8, 4) is 0 Å². The number of methoxy groups -OCH3 is 1. The zero-order valence-electron chi connectivity index (χ0n) is 12.8. The van der Waals surface area contributed by atoms with Crippen molar-refractivity contribution in [2.75, 3.05) is 20.7 Å². The summed E-state index contributed by atoms with van der Waals surface area (Å²) in [4.78, 5) is 4.29. The normalized spacial score (nSPS) is 17.1. The van der Waals surface area contributed by atoms with Gasteiger partial charge in [-0.15, -0.1) is 24.0 Å². The van der Waals surface area contributed by atoms with E-state index in [0.29, 0.717) is 12.6 Å². The Morgan fingerprint density at radius 2 is 1.95 bits per heavy atom. The topological polar surface area (TPSA) is 45.7 Å². The van der Waals surface area contributed by atoms with Crippen LogP contribution in [0.3, 0.4) is 0 Å². The number of aliphatic imine (C=N–C) groups is 1. The Kier molecular flexibility index (Phi) is 8.68. The van der Waals surface area contributed by atoms with Crippen LogP contribution in [-0.2, 0) is 4.74 Å². The number of ether oxygens (including phenoxy) is 1. The van der Waals surface area contributed by atoms with Gasteiger partial charge in [0.2, 0.25) is 0 Å². The van der Waals surface area contributed by atoms with E-state index in [4.69, 9.17) is 4.74 Å². The summed E-state index contributed by atoms with van der Waals surface area (Å²) in [7, 11) is 3.56. The first-order chi connectivity index (χ1) is 9.83. The van der Waals surface area contributed by atoms with Gasteiger partial charge in [0.25, 0.3) is 0 Å². The minimum Gasteiger partial charge on any atom is -0.375 e. The maximum absolute atomic E-state index is 5.56. The second-order valence-electron chi connectivity index (χ2n) is 5.21. The molecule has 0 radical (unpaired) electrons. The number of guanidine groups is 1. The number of nitrogens with one attached hydrogen (secondary N) is 2. The first-order valence-electron chi connectivity index (χ1n) is 7.38. The van der Waals surface area contributed by atoms with Gasteiger partial charge in [-0.2, -0.15) is 0 Å². The van der Waals surface area contributed by atoms with Crippen LogP contribution in [0.2, 0.25) is 0 Å². The summed E-state index contributed by atoms with van der Waals surface area (Å²) >= 11 is 0. The molecule has 0 saturated heterocycles. The van der Waals surface area contributed by atoms with Crippen LogP contribution in [0.15, 0.2) is 35.3 Å². The van der Waals surface area contributed by atoms with Gasteiger partial charge >= 0.3 is 0 Å². The quantitative estimate of drug-likeness (QED) is 0.451. The zero-order chi connectivity index (χ0) is 14.2. The van der Waals surface area contributed by atoms with Crippen molar-refractivity contribution in [2.24, 2.45) is 4.99 Å². The molecule has 1 aromatic carbocycles. The highest BCUT2D eigenvalue weighted by molar-refractivity contribution is 14.0. The number of hydrogen-bond donors (Lipinski definition) is 2. The monoisotopic (exact) mass is 403 g/mol. The Hall–Kier alpha value is -0.820. The summed E-state index contributed by atoms with van der Waals surface area (Å²) in [6.07, 6.45) is 5.16. The van der Waals surface area contributed by atoms with Gasteiger partial charge in [-0.05, 0) is 18.4 Å². The van der Waals surface area contributed by atoms with Crippen molar-refractivity contribution in [3.63, 3.8) is 0 Å². The van der Waals surface area contributed by atoms with E-state index in [1.165, 1.54) is 31.2 Å². The van der Waals surface area contributed by atoms with Crippen LogP contribution in [0.4, 0.5) is 0 Å². The molecule has 0 aromatic heterocycles. The largest absolute Gasteiger partial charge is 0.375 e. The third kappa shape index (κ3) is 5.82. The molecule has 5 heteroatoms. The average Bonchev–Trinajstić information content (AvgIpc) is 3.00. The fourth-order valence-electron chi connectivity index (χ4n) is 2.65. The van der Waals surface area contributed by atoms with Crippen LogP contribution in [0.5, 0.6) is 0 Å². The maximum Gasteiger partial charge on any atom is 0.191 e. The fourth-order valence-corrected chi connectivity index (χ4v) is 2.65. The summed E-state index contributed by atoms with van der Waals surface area (Å²) in [5, 5.41) is 6.84. The van der Waals surface area contributed by atoms with E-state index < -0.39 is 0 Å². The molecule has 0 spiro atoms. The molecule has 1 saturated carbocycles. The van der Waals surface area contributed by atoms with E-state index in [2.05, 4.69) is 27.8 Å². The SMILES string of the molecule is CN=C(NCC(OC)c1ccccc1)NC1CCCC1.I. The minimum absolute atomic E-state index is 0. The van der Waals surface area contributed by atoms with Crippen molar-refractivity contribution in [3.05, 3.63) is 35.9 Å². The lowest BCUT2D eigenvalue weighted by molar-refractivity contribution is 0.106. The molecule has 0 bridgehead atoms. The van der Waals surface area contributed by atoms with Crippen LogP contribution < -0.4 is 10.6 Å². The molecule has 118 valence electrons. The summed E-state index contributed by atoms with van der Waals surface area (Å²) in [5.74, 6) is 0.870. The Labute approximate surface area is 144 Å². The highest BCUT2D eigenvalue weighted by atomic mass is 127. The maximum atomic E-state index is 5.56. The third-order valence-corrected chi connectivity index (χ3v) is 3.83. The van der Waals surface area contributed by atoms with Gasteiger partial charge in [-0.3, -0.25) is 4.99 Å². The number of nitrogens with zero attached hydrogens (tertiary/aromatic N) is 1. The summed E-state index contributed by atoms with van der Waals surface area (Å²) in [5.41, 5.74) is 1.18. The molecular formula is C16H26IN3O. The first kappa shape index (κ1) is 18.2. The van der Waals surface area contributed by atoms with E-state index in [-0.39, 0.29) is 30.1 Å². The molecule has 0 aliphatic heterocycles. The molecule has 21 heavy (non-hydrogen) atoms. The number of rotatable bonds is 5. The van der Waals surface area contributed by atoms with Crippen molar-refractivity contribution in [2.45, 2.75) is 37.8 Å². The van der Waals surface area contributed by atoms with Crippen LogP contribution in [-0.4, -0.2) is 32.7 Å². The van der Waals surface area contributed by atoms with E-state index in [1.54, 1.807) is 7.11 Å². The predicted octanol–water partition coefficient (Wildman–Crippen LogP) is 3.10. The Balaban J connectivity index is 0.00000220. The molecule has 1 atom stereocenters. The van der Waals surface area contributed by atoms with Gasteiger partial charge in [0.05, 0.1) is 6.10 Å². The van der Waals surface area contributed by atoms with Crippen molar-refractivity contribution < 1.29 is 4.74 Å². The predicted molar refractivity (Wildman–Crippen MR) is 98.4 cm³/mol. The lowest BCUT2D eigenvalue weighted by Crippen LogP contribution is -2.43. The number of hydrogen-bond acceptors (Lipinski definition) is 2. The Morgan fingerprint density at radius 1 is 1.29 bits per heavy atom. The van der Waals surface area contributed by atoms with Crippen LogP contribution >= 0.6 is 24.0 Å². The van der Waals surface area contributed by atoms with Crippen molar-refractivity contribution in [1.29, 1.82) is 0 Å². The second kappa shape index (κ2) is 10.00. The lowest BCUT2D eigenvalue weighted by Gasteiger charge is -2.20. The lowest BCUT2D eigenvalue weighted by atomic mass is 10.1. The fraction of sp³-hybridized carbons (Fsp3) is 0.562. The molecule has 4 nitrogen and oxygen atoms in total. The van der Waals surface area contributed by atoms with Gasteiger partial charge in [0.15, 0.2) is 5.96 Å². The first-order valence-corrected chi connectivity index (χ1v) is 7.38. The molecule has 1 fully saturated rings. The van der Waals surface area contributed by atoms with E-state index in [9.17, 15) is 0 Å². The average molecular weight is 403 g/mol. The Bertz CT molecular complexity index is 419. The number of halogens is 1. The molecule has 1 unspecified atom stereocenters. The van der Waals surface area contributed by atoms with Crippen molar-refractivity contribution >= 4 is 29.9 Å². The van der Waals surface area contributed by atoms with Crippen LogP contribution in [0.25, 0.3) is 0 Å². The van der Waals surface area contributed by atoms with E-state index in [1.807, 2.05) is 25.2 Å². The van der Waals surface area contributed by atoms with E-state index in [0.717, 1.165) is 5.96 Å². The van der Waals surface area contributed by atoms with E-state index >= 15 is 0 Å². The highest BCUT2D eigenvalue weighted by Crippen LogP contribution is 2.18. The molecule has 1 aliphatic rings. The molecule has 0 heterocycles. The van der Waals surface area contributed by atoms with Gasteiger partial charge < -0.3 is 15.4 Å².